The van der Waals surface area contributed by atoms with Crippen LogP contribution in [0.4, 0.5) is 17.1 Å². The summed E-state index contributed by atoms with van der Waals surface area (Å²) >= 11 is 0. The molecule has 0 N–H and O–H groups in total. The molecule has 0 amide bonds. The molecular formula is C71H51N. The van der Waals surface area contributed by atoms with Gasteiger partial charge in [0.1, 0.15) is 0 Å². The van der Waals surface area contributed by atoms with E-state index in [-0.39, 0.29) is 5.41 Å². The summed E-state index contributed by atoms with van der Waals surface area (Å²) in [5, 5.41) is 0. The lowest BCUT2D eigenvalue weighted by atomic mass is 9.51. The Balaban J connectivity index is 1.07. The second-order valence-corrected chi connectivity index (χ2v) is 20.3. The molecule has 0 bridgehead atoms. The maximum absolute atomic E-state index is 2.55. The van der Waals surface area contributed by atoms with Crippen molar-refractivity contribution in [1.82, 2.24) is 0 Å². The van der Waals surface area contributed by atoms with Crippen LogP contribution in [0.25, 0.3) is 44.5 Å². The highest BCUT2D eigenvalue weighted by Crippen LogP contribution is 2.65. The van der Waals surface area contributed by atoms with E-state index in [9.17, 15) is 0 Å². The largest absolute Gasteiger partial charge is 0.310 e. The first-order valence-corrected chi connectivity index (χ1v) is 25.3. The van der Waals surface area contributed by atoms with Crippen LogP contribution in [0, 0.1) is 0 Å². The van der Waals surface area contributed by atoms with E-state index in [1.54, 1.807) is 0 Å². The molecule has 1 spiro atoms. The molecule has 0 heterocycles. The van der Waals surface area contributed by atoms with Gasteiger partial charge in [-0.1, -0.05) is 244 Å². The molecule has 1 heteroatoms. The first kappa shape index (κ1) is 42.1. The van der Waals surface area contributed by atoms with Crippen molar-refractivity contribution in [2.45, 2.75) is 30.1 Å². The van der Waals surface area contributed by atoms with Crippen molar-refractivity contribution in [3.05, 3.63) is 329 Å². The zero-order valence-corrected chi connectivity index (χ0v) is 40.4. The summed E-state index contributed by atoms with van der Waals surface area (Å²) in [5.74, 6) is 0. The number of rotatable bonds is 7. The van der Waals surface area contributed by atoms with Gasteiger partial charge in [-0.25, -0.2) is 0 Å². The topological polar surface area (TPSA) is 3.24 Å². The van der Waals surface area contributed by atoms with E-state index >= 15 is 0 Å². The molecule has 3 aliphatic rings. The van der Waals surface area contributed by atoms with Crippen molar-refractivity contribution in [3.8, 4) is 44.5 Å². The highest BCUT2D eigenvalue weighted by molar-refractivity contribution is 5.94. The molecule has 14 rings (SSSR count). The van der Waals surface area contributed by atoms with E-state index in [4.69, 9.17) is 0 Å². The van der Waals surface area contributed by atoms with Gasteiger partial charge in [0.05, 0.1) is 10.8 Å². The van der Waals surface area contributed by atoms with E-state index < -0.39 is 10.8 Å². The number of fused-ring (bicyclic) bond motifs is 12. The Hall–Kier alpha value is -8.78. The van der Waals surface area contributed by atoms with E-state index in [1.165, 1.54) is 100 Å². The molecule has 11 aromatic carbocycles. The van der Waals surface area contributed by atoms with E-state index in [1.807, 2.05) is 0 Å². The Bertz CT molecular complexity index is 3740. The fourth-order valence-electron chi connectivity index (χ4n) is 13.3. The minimum absolute atomic E-state index is 0.183. The molecule has 0 saturated carbocycles. The van der Waals surface area contributed by atoms with E-state index in [2.05, 4.69) is 292 Å². The molecule has 0 unspecified atom stereocenters. The van der Waals surface area contributed by atoms with Gasteiger partial charge in [0, 0.05) is 22.5 Å². The van der Waals surface area contributed by atoms with Crippen molar-refractivity contribution in [2.75, 3.05) is 4.90 Å². The lowest BCUT2D eigenvalue weighted by Gasteiger charge is -2.50. The Morgan fingerprint density at radius 2 is 0.597 bits per heavy atom. The van der Waals surface area contributed by atoms with Crippen molar-refractivity contribution in [2.24, 2.45) is 0 Å². The van der Waals surface area contributed by atoms with Crippen LogP contribution >= 0.6 is 0 Å². The second-order valence-electron chi connectivity index (χ2n) is 20.3. The van der Waals surface area contributed by atoms with Gasteiger partial charge in [-0.2, -0.15) is 0 Å². The normalized spacial score (nSPS) is 14.6. The maximum Gasteiger partial charge on any atom is 0.0720 e. The third-order valence-corrected chi connectivity index (χ3v) is 16.4. The van der Waals surface area contributed by atoms with Crippen LogP contribution < -0.4 is 4.90 Å². The fourth-order valence-corrected chi connectivity index (χ4v) is 13.3. The van der Waals surface area contributed by atoms with Crippen LogP contribution in [-0.4, -0.2) is 0 Å². The lowest BCUT2D eigenvalue weighted by Crippen LogP contribution is -2.44. The average molecular weight is 918 g/mol. The third-order valence-electron chi connectivity index (χ3n) is 16.4. The molecule has 0 aromatic heterocycles. The maximum atomic E-state index is 2.55. The number of anilines is 3. The first-order chi connectivity index (χ1) is 35.5. The Morgan fingerprint density at radius 3 is 1.10 bits per heavy atom. The summed E-state index contributed by atoms with van der Waals surface area (Å²) in [6, 6.07) is 103. The zero-order chi connectivity index (χ0) is 48.0. The molecule has 1 nitrogen and oxygen atoms in total. The predicted molar refractivity (Wildman–Crippen MR) is 299 cm³/mol. The third kappa shape index (κ3) is 5.95. The smallest absolute Gasteiger partial charge is 0.0720 e. The van der Waals surface area contributed by atoms with Crippen molar-refractivity contribution < 1.29 is 0 Å². The number of hydrogen-bond donors (Lipinski definition) is 0. The Kier molecular flexibility index (Phi) is 9.44. The van der Waals surface area contributed by atoms with E-state index in [0.717, 1.165) is 17.1 Å². The van der Waals surface area contributed by atoms with Crippen molar-refractivity contribution in [3.63, 3.8) is 0 Å². The van der Waals surface area contributed by atoms with Crippen LogP contribution in [0.1, 0.15) is 69.5 Å². The monoisotopic (exact) mass is 917 g/mol. The summed E-state index contributed by atoms with van der Waals surface area (Å²) in [4.78, 5) is 2.54. The zero-order valence-electron chi connectivity index (χ0n) is 40.4. The number of benzene rings is 11. The number of nitrogens with zero attached hydrogens (tertiary/aromatic N) is 1. The van der Waals surface area contributed by atoms with Crippen molar-refractivity contribution >= 4 is 17.1 Å². The fraction of sp³-hybridized carbons (Fsp3) is 0.0704. The Labute approximate surface area is 423 Å². The summed E-state index contributed by atoms with van der Waals surface area (Å²) < 4.78 is 0. The molecule has 0 aliphatic heterocycles. The quantitative estimate of drug-likeness (QED) is 0.154. The summed E-state index contributed by atoms with van der Waals surface area (Å²) in [7, 11) is 0. The standard InChI is InChI=1S/C71H51N/c1-69(2)61-33-17-15-31-57(61)59-41-39-54(46-67(59)69)72(56-44-50(48-23-7-3-8-24-48)43-51(45-56)49-25-9-4-10-26-49)55-40-42-60-58-32-16-18-34-62(58)71(68(60)47-55)65-37-21-19-35-63(65)70(52-27-11-5-12-28-52,53-29-13-6-14-30-53)64-36-20-22-38-66(64)71/h3-47H,1-2H3. The first-order valence-electron chi connectivity index (χ1n) is 25.3. The van der Waals surface area contributed by atoms with Crippen LogP contribution in [0.2, 0.25) is 0 Å². The summed E-state index contributed by atoms with van der Waals surface area (Å²) in [6.45, 7) is 4.77. The molecule has 72 heavy (non-hydrogen) atoms. The van der Waals surface area contributed by atoms with Crippen LogP contribution in [0.5, 0.6) is 0 Å². The molecule has 11 aromatic rings. The highest BCUT2D eigenvalue weighted by atomic mass is 15.1. The molecule has 3 aliphatic carbocycles. The van der Waals surface area contributed by atoms with Crippen LogP contribution in [-0.2, 0) is 16.2 Å². The van der Waals surface area contributed by atoms with Gasteiger partial charge >= 0.3 is 0 Å². The van der Waals surface area contributed by atoms with Gasteiger partial charge in [0.25, 0.3) is 0 Å². The van der Waals surface area contributed by atoms with Crippen LogP contribution in [0.3, 0.4) is 0 Å². The molecule has 0 saturated heterocycles. The van der Waals surface area contributed by atoms with Crippen molar-refractivity contribution in [1.29, 1.82) is 0 Å². The molecule has 0 atom stereocenters. The molecule has 0 radical (unpaired) electrons. The van der Waals surface area contributed by atoms with Gasteiger partial charge in [0.2, 0.25) is 0 Å². The minimum Gasteiger partial charge on any atom is -0.310 e. The SMILES string of the molecule is CC1(C)c2ccccc2-c2ccc(N(c3cc(-c4ccccc4)cc(-c4ccccc4)c3)c3ccc4c(c3)C3(c5ccccc5-4)c4ccccc4C(c4ccccc4)(c4ccccc4)c4ccccc43)cc21. The molecular weight excluding hydrogens is 867 g/mol. The van der Waals surface area contributed by atoms with Gasteiger partial charge in [0.15, 0.2) is 0 Å². The second kappa shape index (κ2) is 16.1. The molecule has 340 valence electrons. The van der Waals surface area contributed by atoms with Crippen LogP contribution in [0.15, 0.2) is 273 Å². The Morgan fingerprint density at radius 1 is 0.236 bits per heavy atom. The molecule has 0 fully saturated rings. The lowest BCUT2D eigenvalue weighted by molar-refractivity contribution is 0.623. The van der Waals surface area contributed by atoms with Gasteiger partial charge in [-0.3, -0.25) is 0 Å². The van der Waals surface area contributed by atoms with E-state index in [0.29, 0.717) is 0 Å². The predicted octanol–water partition coefficient (Wildman–Crippen LogP) is 17.9. The number of hydrogen-bond acceptors (Lipinski definition) is 1. The highest BCUT2D eigenvalue weighted by Gasteiger charge is 2.56. The average Bonchev–Trinajstić information content (AvgIpc) is 3.87. The summed E-state index contributed by atoms with van der Waals surface area (Å²) in [6.07, 6.45) is 0. The van der Waals surface area contributed by atoms with Gasteiger partial charge in [-0.05, 0) is 143 Å². The summed E-state index contributed by atoms with van der Waals surface area (Å²) in [5.41, 5.74) is 24.8. The van der Waals surface area contributed by atoms with Gasteiger partial charge in [-0.15, -0.1) is 0 Å². The minimum atomic E-state index is -0.642. The van der Waals surface area contributed by atoms with Gasteiger partial charge < -0.3 is 4.90 Å².